The summed E-state index contributed by atoms with van der Waals surface area (Å²) in [5.74, 6) is 0.915. The molecule has 2 amide bonds. The molecule has 1 aliphatic heterocycles. The molecule has 0 radical (unpaired) electrons. The Bertz CT molecular complexity index is 1050. The molecule has 1 atom stereocenters. The van der Waals surface area contributed by atoms with Gasteiger partial charge in [-0.25, -0.2) is 0 Å². The normalized spacial score (nSPS) is 14.2. The molecule has 0 aromatic heterocycles. The largest absolute Gasteiger partial charge is 0.494 e. The van der Waals surface area contributed by atoms with Gasteiger partial charge >= 0.3 is 0 Å². The van der Waals surface area contributed by atoms with E-state index in [1.807, 2.05) is 60.7 Å². The molecule has 0 spiro atoms. The zero-order valence-corrected chi connectivity index (χ0v) is 17.3. The molecule has 3 aromatic carbocycles. The van der Waals surface area contributed by atoms with Crippen LogP contribution in [0, 0.1) is 0 Å². The molecular formula is C25H24N2O4. The lowest BCUT2D eigenvalue weighted by Crippen LogP contribution is -2.26. The van der Waals surface area contributed by atoms with Gasteiger partial charge in [0.15, 0.2) is 0 Å². The standard InChI is InChI=1S/C25H24N2O4/c1-30-22-17-19(14-15-21(22)27-16-8-13-23(27)28)26-25(29)24(18-9-4-2-5-10-18)31-20-11-6-3-7-12-20/h2-7,9-12,14-15,17,24H,8,13,16H2,1H3,(H,26,29). The molecule has 1 aliphatic rings. The summed E-state index contributed by atoms with van der Waals surface area (Å²) in [5, 5.41) is 2.92. The Morgan fingerprint density at radius 3 is 2.35 bits per heavy atom. The van der Waals surface area contributed by atoms with Crippen molar-refractivity contribution in [2.45, 2.75) is 18.9 Å². The van der Waals surface area contributed by atoms with E-state index in [0.717, 1.165) is 12.0 Å². The summed E-state index contributed by atoms with van der Waals surface area (Å²) >= 11 is 0. The van der Waals surface area contributed by atoms with E-state index in [9.17, 15) is 9.59 Å². The zero-order chi connectivity index (χ0) is 21.6. The summed E-state index contributed by atoms with van der Waals surface area (Å²) in [6, 6.07) is 23.9. The number of rotatable bonds is 7. The summed E-state index contributed by atoms with van der Waals surface area (Å²) in [6.07, 6.45) is 0.544. The number of carbonyl (C=O) groups is 2. The number of methoxy groups -OCH3 is 1. The number of para-hydroxylation sites is 1. The van der Waals surface area contributed by atoms with Gasteiger partial charge in [-0.1, -0.05) is 48.5 Å². The van der Waals surface area contributed by atoms with E-state index in [-0.39, 0.29) is 11.8 Å². The summed E-state index contributed by atoms with van der Waals surface area (Å²) in [4.78, 5) is 27.0. The molecular weight excluding hydrogens is 392 g/mol. The van der Waals surface area contributed by atoms with E-state index in [1.54, 1.807) is 30.2 Å². The van der Waals surface area contributed by atoms with E-state index in [2.05, 4.69) is 5.32 Å². The van der Waals surface area contributed by atoms with Crippen molar-refractivity contribution in [1.82, 2.24) is 0 Å². The molecule has 6 heteroatoms. The topological polar surface area (TPSA) is 67.9 Å². The molecule has 1 unspecified atom stereocenters. The smallest absolute Gasteiger partial charge is 0.270 e. The first-order valence-corrected chi connectivity index (χ1v) is 10.2. The van der Waals surface area contributed by atoms with Crippen molar-refractivity contribution in [2.24, 2.45) is 0 Å². The number of carbonyl (C=O) groups excluding carboxylic acids is 2. The quantitative estimate of drug-likeness (QED) is 0.612. The van der Waals surface area contributed by atoms with Crippen LogP contribution in [0.4, 0.5) is 11.4 Å². The van der Waals surface area contributed by atoms with E-state index in [1.165, 1.54) is 0 Å². The number of nitrogens with zero attached hydrogens (tertiary/aromatic N) is 1. The van der Waals surface area contributed by atoms with Crippen molar-refractivity contribution < 1.29 is 19.1 Å². The maximum atomic E-state index is 13.2. The van der Waals surface area contributed by atoms with Crippen LogP contribution < -0.4 is 19.7 Å². The highest BCUT2D eigenvalue weighted by Crippen LogP contribution is 2.34. The van der Waals surface area contributed by atoms with Crippen LogP contribution in [0.1, 0.15) is 24.5 Å². The second kappa shape index (κ2) is 9.34. The average Bonchev–Trinajstić information content (AvgIpc) is 3.24. The second-order valence-corrected chi connectivity index (χ2v) is 7.25. The molecule has 1 heterocycles. The van der Waals surface area contributed by atoms with Gasteiger partial charge in [-0.3, -0.25) is 9.59 Å². The lowest BCUT2D eigenvalue weighted by atomic mass is 10.1. The van der Waals surface area contributed by atoms with Gasteiger partial charge in [0.25, 0.3) is 5.91 Å². The average molecular weight is 416 g/mol. The van der Waals surface area contributed by atoms with Gasteiger partial charge in [-0.15, -0.1) is 0 Å². The number of anilines is 2. The van der Waals surface area contributed by atoms with E-state index in [4.69, 9.17) is 9.47 Å². The van der Waals surface area contributed by atoms with Crippen LogP contribution in [0.3, 0.4) is 0 Å². The van der Waals surface area contributed by atoms with Crippen molar-refractivity contribution in [1.29, 1.82) is 0 Å². The Morgan fingerprint density at radius 1 is 1.00 bits per heavy atom. The van der Waals surface area contributed by atoms with Gasteiger partial charge < -0.3 is 19.7 Å². The Kier molecular flexibility index (Phi) is 6.17. The monoisotopic (exact) mass is 416 g/mol. The first kappa shape index (κ1) is 20.5. The number of hydrogen-bond acceptors (Lipinski definition) is 4. The third-order valence-electron chi connectivity index (χ3n) is 5.15. The van der Waals surface area contributed by atoms with Gasteiger partial charge in [0.2, 0.25) is 12.0 Å². The fraction of sp³-hybridized carbons (Fsp3) is 0.200. The van der Waals surface area contributed by atoms with E-state index < -0.39 is 6.10 Å². The molecule has 1 fully saturated rings. The highest BCUT2D eigenvalue weighted by Gasteiger charge is 2.26. The first-order chi connectivity index (χ1) is 15.2. The minimum absolute atomic E-state index is 0.0792. The van der Waals surface area contributed by atoms with Gasteiger partial charge in [0, 0.05) is 30.3 Å². The second-order valence-electron chi connectivity index (χ2n) is 7.25. The predicted molar refractivity (Wildman–Crippen MR) is 119 cm³/mol. The van der Waals surface area contributed by atoms with Crippen molar-refractivity contribution in [3.05, 3.63) is 84.4 Å². The van der Waals surface area contributed by atoms with Crippen LogP contribution >= 0.6 is 0 Å². The van der Waals surface area contributed by atoms with Crippen LogP contribution in [-0.2, 0) is 9.59 Å². The number of amides is 2. The highest BCUT2D eigenvalue weighted by atomic mass is 16.5. The minimum atomic E-state index is -0.825. The van der Waals surface area contributed by atoms with Crippen molar-refractivity contribution >= 4 is 23.2 Å². The number of hydrogen-bond donors (Lipinski definition) is 1. The Balaban J connectivity index is 1.57. The van der Waals surface area contributed by atoms with E-state index >= 15 is 0 Å². The molecule has 158 valence electrons. The van der Waals surface area contributed by atoms with Crippen LogP contribution in [0.5, 0.6) is 11.5 Å². The summed E-state index contributed by atoms with van der Waals surface area (Å²) < 4.78 is 11.5. The van der Waals surface area contributed by atoms with Crippen molar-refractivity contribution in [3.63, 3.8) is 0 Å². The highest BCUT2D eigenvalue weighted by molar-refractivity contribution is 5.98. The Morgan fingerprint density at radius 2 is 1.71 bits per heavy atom. The number of benzene rings is 3. The molecule has 1 saturated heterocycles. The third-order valence-corrected chi connectivity index (χ3v) is 5.15. The molecule has 31 heavy (non-hydrogen) atoms. The number of ether oxygens (including phenoxy) is 2. The van der Waals surface area contributed by atoms with Gasteiger partial charge in [-0.05, 0) is 30.7 Å². The Hall–Kier alpha value is -3.80. The summed E-state index contributed by atoms with van der Waals surface area (Å²) in [7, 11) is 1.55. The van der Waals surface area contributed by atoms with Crippen LogP contribution in [-0.4, -0.2) is 25.5 Å². The van der Waals surface area contributed by atoms with Crippen molar-refractivity contribution in [3.8, 4) is 11.5 Å². The molecule has 3 aromatic rings. The summed E-state index contributed by atoms with van der Waals surface area (Å²) in [5.41, 5.74) is 2.02. The molecule has 0 saturated carbocycles. The first-order valence-electron chi connectivity index (χ1n) is 10.2. The lowest BCUT2D eigenvalue weighted by molar-refractivity contribution is -0.123. The van der Waals surface area contributed by atoms with Crippen molar-refractivity contribution in [2.75, 3.05) is 23.9 Å². The van der Waals surface area contributed by atoms with E-state index in [0.29, 0.717) is 35.8 Å². The maximum Gasteiger partial charge on any atom is 0.270 e. The van der Waals surface area contributed by atoms with Crippen LogP contribution in [0.15, 0.2) is 78.9 Å². The molecule has 6 nitrogen and oxygen atoms in total. The Labute approximate surface area is 181 Å². The molecule has 0 aliphatic carbocycles. The fourth-order valence-corrected chi connectivity index (χ4v) is 3.62. The molecule has 1 N–H and O–H groups in total. The molecule has 4 rings (SSSR count). The van der Waals surface area contributed by atoms with Crippen LogP contribution in [0.25, 0.3) is 0 Å². The van der Waals surface area contributed by atoms with Gasteiger partial charge in [0.05, 0.1) is 12.8 Å². The summed E-state index contributed by atoms with van der Waals surface area (Å²) in [6.45, 7) is 0.669. The fourth-order valence-electron chi connectivity index (χ4n) is 3.62. The lowest BCUT2D eigenvalue weighted by Gasteiger charge is -2.21. The molecule has 0 bridgehead atoms. The SMILES string of the molecule is COc1cc(NC(=O)C(Oc2ccccc2)c2ccccc2)ccc1N1CCCC1=O. The van der Waals surface area contributed by atoms with Crippen LogP contribution in [0.2, 0.25) is 0 Å². The predicted octanol–water partition coefficient (Wildman–Crippen LogP) is 4.58. The van der Waals surface area contributed by atoms with Gasteiger partial charge in [-0.2, -0.15) is 0 Å². The maximum absolute atomic E-state index is 13.2. The number of nitrogens with one attached hydrogen (secondary N) is 1. The zero-order valence-electron chi connectivity index (χ0n) is 17.3. The minimum Gasteiger partial charge on any atom is -0.494 e. The third kappa shape index (κ3) is 4.69. The van der Waals surface area contributed by atoms with Gasteiger partial charge in [0.1, 0.15) is 11.5 Å².